The maximum atomic E-state index is 11.6. The number of aldehydes is 1. The second-order valence-electron chi connectivity index (χ2n) is 2.09. The molecule has 0 bridgehead atoms. The molecule has 0 aliphatic rings. The second kappa shape index (κ2) is 6.31. The van der Waals surface area contributed by atoms with E-state index in [9.17, 15) is 22.8 Å². The third-order valence-corrected chi connectivity index (χ3v) is 1.70. The van der Waals surface area contributed by atoms with E-state index in [4.69, 9.17) is 0 Å². The van der Waals surface area contributed by atoms with Crippen LogP contribution in [0.4, 0.5) is 13.2 Å². The van der Waals surface area contributed by atoms with Crippen molar-refractivity contribution in [1.82, 2.24) is 0 Å². The molecule has 78 valence electrons. The molecule has 0 spiro atoms. The van der Waals surface area contributed by atoms with E-state index in [1.54, 1.807) is 11.3 Å². The predicted molar refractivity (Wildman–Crippen MR) is 46.3 cm³/mol. The van der Waals surface area contributed by atoms with Gasteiger partial charge in [-0.1, -0.05) is 12.1 Å². The number of rotatable bonds is 3. The Labute approximate surface area is 82.4 Å². The number of carbonyl (C=O) groups excluding carboxylic acids is 2. The second-order valence-corrected chi connectivity index (χ2v) is 2.91. The van der Waals surface area contributed by atoms with Gasteiger partial charge in [-0.05, 0) is 10.8 Å². The fraction of sp³-hybridized carbons (Fsp3) is 0.250. The molecular formula is C8H7F3O2S. The lowest BCUT2D eigenvalue weighted by atomic mass is 10.2. The Balaban J connectivity index is 0.000000280. The summed E-state index contributed by atoms with van der Waals surface area (Å²) in [5.74, 6) is -6.15. The van der Waals surface area contributed by atoms with Gasteiger partial charge in [-0.25, -0.2) is 4.39 Å². The van der Waals surface area contributed by atoms with Gasteiger partial charge in [0.15, 0.2) is 13.0 Å². The zero-order valence-corrected chi connectivity index (χ0v) is 7.77. The largest absolute Gasteiger partial charge is 0.362 e. The van der Waals surface area contributed by atoms with Crippen molar-refractivity contribution in [3.8, 4) is 0 Å². The molecule has 0 aromatic carbocycles. The smallest absolute Gasteiger partial charge is 0.296 e. The minimum absolute atomic E-state index is 0.880. The van der Waals surface area contributed by atoms with Crippen LogP contribution >= 0.6 is 11.3 Å². The van der Waals surface area contributed by atoms with E-state index >= 15 is 0 Å². The molecule has 1 aromatic rings. The molecular weight excluding hydrogens is 217 g/mol. The van der Waals surface area contributed by atoms with E-state index in [0.717, 1.165) is 0 Å². The molecule has 0 aliphatic carbocycles. The molecule has 0 atom stereocenters. The number of hydrogen-bond donors (Lipinski definition) is 0. The molecule has 0 N–H and O–H groups in total. The zero-order chi connectivity index (χ0) is 11.0. The lowest BCUT2D eigenvalue weighted by Gasteiger charge is -2.01. The molecule has 0 fully saturated rings. The van der Waals surface area contributed by atoms with Crippen molar-refractivity contribution >= 4 is 23.4 Å². The van der Waals surface area contributed by atoms with Crippen LogP contribution < -0.4 is 0 Å². The molecule has 1 aromatic heterocycles. The van der Waals surface area contributed by atoms with Gasteiger partial charge >= 0.3 is 5.92 Å². The molecule has 2 nitrogen and oxygen atoms in total. The number of ketones is 1. The topological polar surface area (TPSA) is 34.1 Å². The van der Waals surface area contributed by atoms with E-state index in [0.29, 0.717) is 0 Å². The van der Waals surface area contributed by atoms with E-state index in [1.807, 2.05) is 22.9 Å². The fourth-order valence-corrected chi connectivity index (χ4v) is 0.835. The van der Waals surface area contributed by atoms with Crippen LogP contribution in [-0.4, -0.2) is 24.7 Å². The average Bonchev–Trinajstić information content (AvgIpc) is 2.74. The highest BCUT2D eigenvalue weighted by Crippen LogP contribution is 2.10. The fourth-order valence-electron chi connectivity index (χ4n) is 0.382. The summed E-state index contributed by atoms with van der Waals surface area (Å²) in [6, 6.07) is 4.04. The third kappa shape index (κ3) is 4.76. The average molecular weight is 224 g/mol. The van der Waals surface area contributed by atoms with Crippen molar-refractivity contribution in [3.05, 3.63) is 22.9 Å². The number of carbonyl (C=O) groups is 2. The SMILES string of the molecule is O=CC(F)(F)C(=O)CF.c1ccsc1. The number of Topliss-reactive ketones (excluding diaryl/α,β-unsaturated/α-hetero) is 1. The van der Waals surface area contributed by atoms with Gasteiger partial charge in [0.05, 0.1) is 0 Å². The Hall–Kier alpha value is -1.17. The summed E-state index contributed by atoms with van der Waals surface area (Å²) in [4.78, 5) is 19.0. The molecule has 6 heteroatoms. The lowest BCUT2D eigenvalue weighted by Crippen LogP contribution is -2.31. The highest BCUT2D eigenvalue weighted by molar-refractivity contribution is 7.07. The first-order chi connectivity index (χ1) is 6.54. The summed E-state index contributed by atoms with van der Waals surface area (Å²) in [5.41, 5.74) is 0. The number of hydrogen-bond acceptors (Lipinski definition) is 3. The maximum Gasteiger partial charge on any atom is 0.362 e. The van der Waals surface area contributed by atoms with Crippen molar-refractivity contribution in [2.45, 2.75) is 5.92 Å². The van der Waals surface area contributed by atoms with Crippen LogP contribution in [-0.2, 0) is 9.59 Å². The molecule has 0 amide bonds. The summed E-state index contributed by atoms with van der Waals surface area (Å²) in [7, 11) is 0. The van der Waals surface area contributed by atoms with E-state index in [-0.39, 0.29) is 0 Å². The minimum atomic E-state index is -4.14. The van der Waals surface area contributed by atoms with Gasteiger partial charge in [-0.15, -0.1) is 0 Å². The molecule has 1 rings (SSSR count). The standard InChI is InChI=1S/C4H3F3O2.C4H4S/c5-1-3(9)4(6,7)2-8;1-2-4-5-3-1/h2H,1H2;1-4H. The summed E-state index contributed by atoms with van der Waals surface area (Å²) < 4.78 is 34.3. The first kappa shape index (κ1) is 12.8. The van der Waals surface area contributed by atoms with Crippen LogP contribution in [0.5, 0.6) is 0 Å². The van der Waals surface area contributed by atoms with Crippen molar-refractivity contribution in [1.29, 1.82) is 0 Å². The minimum Gasteiger partial charge on any atom is -0.296 e. The Morgan fingerprint density at radius 3 is 2.00 bits per heavy atom. The number of thiophene rings is 1. The van der Waals surface area contributed by atoms with E-state index < -0.39 is 24.7 Å². The summed E-state index contributed by atoms with van der Waals surface area (Å²) in [6.45, 7) is -1.81. The quantitative estimate of drug-likeness (QED) is 0.582. The van der Waals surface area contributed by atoms with E-state index in [2.05, 4.69) is 0 Å². The van der Waals surface area contributed by atoms with Crippen LogP contribution in [0.2, 0.25) is 0 Å². The first-order valence-electron chi connectivity index (χ1n) is 3.45. The zero-order valence-electron chi connectivity index (χ0n) is 6.95. The monoisotopic (exact) mass is 224 g/mol. The summed E-state index contributed by atoms with van der Waals surface area (Å²) >= 11 is 1.71. The van der Waals surface area contributed by atoms with Crippen molar-refractivity contribution in [2.75, 3.05) is 6.67 Å². The molecule has 0 unspecified atom stereocenters. The maximum absolute atomic E-state index is 11.6. The van der Waals surface area contributed by atoms with Crippen LogP contribution in [0.15, 0.2) is 22.9 Å². The third-order valence-electron chi connectivity index (χ3n) is 1.07. The number of halogens is 3. The van der Waals surface area contributed by atoms with Gasteiger partial charge in [-0.3, -0.25) is 9.59 Å². The molecule has 0 radical (unpaired) electrons. The van der Waals surface area contributed by atoms with Gasteiger partial charge in [0.25, 0.3) is 0 Å². The predicted octanol–water partition coefficient (Wildman–Crippen LogP) is 2.11. The van der Waals surface area contributed by atoms with Crippen LogP contribution in [0.25, 0.3) is 0 Å². The Morgan fingerprint density at radius 2 is 1.86 bits per heavy atom. The lowest BCUT2D eigenvalue weighted by molar-refractivity contribution is -0.149. The Morgan fingerprint density at radius 1 is 1.36 bits per heavy atom. The Bertz CT molecular complexity index is 255. The summed E-state index contributed by atoms with van der Waals surface area (Å²) in [6.07, 6.45) is -0.880. The van der Waals surface area contributed by atoms with Gasteiger partial charge < -0.3 is 0 Å². The van der Waals surface area contributed by atoms with Gasteiger partial charge in [0, 0.05) is 0 Å². The van der Waals surface area contributed by atoms with Crippen LogP contribution in [0.3, 0.4) is 0 Å². The molecule has 1 heterocycles. The van der Waals surface area contributed by atoms with Crippen molar-refractivity contribution in [2.24, 2.45) is 0 Å². The van der Waals surface area contributed by atoms with Gasteiger partial charge in [-0.2, -0.15) is 20.1 Å². The van der Waals surface area contributed by atoms with Crippen LogP contribution in [0.1, 0.15) is 0 Å². The molecule has 14 heavy (non-hydrogen) atoms. The van der Waals surface area contributed by atoms with Gasteiger partial charge in [0.2, 0.25) is 5.78 Å². The highest BCUT2D eigenvalue weighted by Gasteiger charge is 2.37. The van der Waals surface area contributed by atoms with Gasteiger partial charge in [0.1, 0.15) is 0 Å². The van der Waals surface area contributed by atoms with Crippen LogP contribution in [0, 0.1) is 0 Å². The highest BCUT2D eigenvalue weighted by atomic mass is 32.1. The van der Waals surface area contributed by atoms with E-state index in [1.165, 1.54) is 0 Å². The van der Waals surface area contributed by atoms with Crippen molar-refractivity contribution < 1.29 is 22.8 Å². The Kier molecular flexibility index (Phi) is 5.78. The summed E-state index contributed by atoms with van der Waals surface area (Å²) in [5, 5.41) is 4.08. The molecule has 0 saturated carbocycles. The number of alkyl halides is 3. The molecule has 0 saturated heterocycles. The normalized spacial score (nSPS) is 9.93. The molecule has 0 aliphatic heterocycles. The first-order valence-corrected chi connectivity index (χ1v) is 4.39. The van der Waals surface area contributed by atoms with Crippen molar-refractivity contribution in [3.63, 3.8) is 0 Å².